The lowest BCUT2D eigenvalue weighted by molar-refractivity contribution is 0.122. The van der Waals surface area contributed by atoms with Gasteiger partial charge in [0.15, 0.2) is 5.82 Å². The van der Waals surface area contributed by atoms with E-state index in [0.29, 0.717) is 30.7 Å². The lowest BCUT2D eigenvalue weighted by Gasteiger charge is -2.27. The SMILES string of the molecule is C[C@H](Nc1nc(N2CCOCC2)ncc1N)c1ccccc1. The Balaban J connectivity index is 1.77. The Hall–Kier alpha value is -2.34. The highest BCUT2D eigenvalue weighted by molar-refractivity contribution is 5.62. The predicted octanol–water partition coefficient (Wildman–Crippen LogP) is 2.07. The number of rotatable bonds is 4. The van der Waals surface area contributed by atoms with Gasteiger partial charge in [0.05, 0.1) is 31.1 Å². The third-order valence-corrected chi connectivity index (χ3v) is 3.75. The average Bonchev–Trinajstić information content (AvgIpc) is 2.58. The second-order valence-corrected chi connectivity index (χ2v) is 5.35. The molecule has 3 N–H and O–H groups in total. The van der Waals surface area contributed by atoms with Gasteiger partial charge >= 0.3 is 0 Å². The van der Waals surface area contributed by atoms with Crippen LogP contribution in [0.15, 0.2) is 36.5 Å². The molecule has 6 heteroatoms. The highest BCUT2D eigenvalue weighted by atomic mass is 16.5. The van der Waals surface area contributed by atoms with Gasteiger partial charge in [-0.2, -0.15) is 4.98 Å². The molecule has 1 aromatic carbocycles. The molecule has 2 heterocycles. The minimum atomic E-state index is 0.121. The van der Waals surface area contributed by atoms with Crippen LogP contribution in [-0.2, 0) is 4.74 Å². The maximum Gasteiger partial charge on any atom is 0.227 e. The van der Waals surface area contributed by atoms with Crippen LogP contribution in [-0.4, -0.2) is 36.3 Å². The average molecular weight is 299 g/mol. The van der Waals surface area contributed by atoms with E-state index in [-0.39, 0.29) is 6.04 Å². The number of aromatic nitrogens is 2. The van der Waals surface area contributed by atoms with Gasteiger partial charge in [0, 0.05) is 13.1 Å². The molecule has 0 saturated carbocycles. The van der Waals surface area contributed by atoms with Crippen molar-refractivity contribution in [1.82, 2.24) is 9.97 Å². The molecule has 3 rings (SSSR count). The molecule has 0 radical (unpaired) electrons. The van der Waals surface area contributed by atoms with Crippen LogP contribution in [0.4, 0.5) is 17.5 Å². The molecule has 0 spiro atoms. The van der Waals surface area contributed by atoms with Crippen molar-refractivity contribution in [3.8, 4) is 0 Å². The highest BCUT2D eigenvalue weighted by Gasteiger charge is 2.16. The van der Waals surface area contributed by atoms with Crippen molar-refractivity contribution in [2.75, 3.05) is 42.3 Å². The van der Waals surface area contributed by atoms with Gasteiger partial charge in [-0.15, -0.1) is 0 Å². The number of nitrogens with one attached hydrogen (secondary N) is 1. The van der Waals surface area contributed by atoms with Gasteiger partial charge in [-0.3, -0.25) is 0 Å². The van der Waals surface area contributed by atoms with E-state index >= 15 is 0 Å². The predicted molar refractivity (Wildman–Crippen MR) is 88.0 cm³/mol. The highest BCUT2D eigenvalue weighted by Crippen LogP contribution is 2.24. The number of nitrogens with zero attached hydrogens (tertiary/aromatic N) is 3. The fourth-order valence-electron chi connectivity index (χ4n) is 2.44. The summed E-state index contributed by atoms with van der Waals surface area (Å²) in [5.41, 5.74) is 7.76. The van der Waals surface area contributed by atoms with Gasteiger partial charge in [0.25, 0.3) is 0 Å². The first-order chi connectivity index (χ1) is 10.7. The van der Waals surface area contributed by atoms with Crippen LogP contribution in [0.5, 0.6) is 0 Å². The van der Waals surface area contributed by atoms with Crippen molar-refractivity contribution in [2.45, 2.75) is 13.0 Å². The van der Waals surface area contributed by atoms with E-state index in [0.717, 1.165) is 13.1 Å². The van der Waals surface area contributed by atoms with Crippen LogP contribution in [0.3, 0.4) is 0 Å². The Morgan fingerprint density at radius 2 is 1.95 bits per heavy atom. The molecule has 22 heavy (non-hydrogen) atoms. The van der Waals surface area contributed by atoms with E-state index in [2.05, 4.69) is 39.2 Å². The van der Waals surface area contributed by atoms with E-state index in [9.17, 15) is 0 Å². The van der Waals surface area contributed by atoms with Gasteiger partial charge in [-0.1, -0.05) is 30.3 Å². The largest absolute Gasteiger partial charge is 0.394 e. The number of hydrogen-bond donors (Lipinski definition) is 2. The molecule has 0 unspecified atom stereocenters. The lowest BCUT2D eigenvalue weighted by atomic mass is 10.1. The van der Waals surface area contributed by atoms with E-state index in [1.54, 1.807) is 6.20 Å². The zero-order valence-electron chi connectivity index (χ0n) is 12.7. The van der Waals surface area contributed by atoms with Gasteiger partial charge in [-0.05, 0) is 12.5 Å². The quantitative estimate of drug-likeness (QED) is 0.900. The zero-order valence-corrected chi connectivity index (χ0v) is 12.7. The minimum Gasteiger partial charge on any atom is -0.394 e. The van der Waals surface area contributed by atoms with Crippen molar-refractivity contribution >= 4 is 17.5 Å². The first kappa shape index (κ1) is 14.6. The molecule has 1 fully saturated rings. The number of nitrogen functional groups attached to an aromatic ring is 1. The van der Waals surface area contributed by atoms with Gasteiger partial charge in [0.2, 0.25) is 5.95 Å². The van der Waals surface area contributed by atoms with Crippen molar-refractivity contribution in [1.29, 1.82) is 0 Å². The molecular formula is C16H21N5O. The number of benzene rings is 1. The van der Waals surface area contributed by atoms with Crippen LogP contribution >= 0.6 is 0 Å². The summed E-state index contributed by atoms with van der Waals surface area (Å²) in [5.74, 6) is 1.37. The fraction of sp³-hybridized carbons (Fsp3) is 0.375. The molecule has 0 amide bonds. The summed E-state index contributed by atoms with van der Waals surface area (Å²) in [6.45, 7) is 5.11. The number of morpholine rings is 1. The molecule has 0 bridgehead atoms. The Labute approximate surface area is 130 Å². The summed E-state index contributed by atoms with van der Waals surface area (Å²) in [7, 11) is 0. The smallest absolute Gasteiger partial charge is 0.227 e. The Morgan fingerprint density at radius 3 is 2.68 bits per heavy atom. The summed E-state index contributed by atoms with van der Waals surface area (Å²) in [6.07, 6.45) is 1.66. The Bertz CT molecular complexity index is 613. The van der Waals surface area contributed by atoms with Crippen molar-refractivity contribution in [3.63, 3.8) is 0 Å². The number of ether oxygens (including phenoxy) is 1. The van der Waals surface area contributed by atoms with E-state index in [4.69, 9.17) is 10.5 Å². The monoisotopic (exact) mass is 299 g/mol. The van der Waals surface area contributed by atoms with Crippen molar-refractivity contribution in [3.05, 3.63) is 42.1 Å². The molecule has 1 saturated heterocycles. The summed E-state index contributed by atoms with van der Waals surface area (Å²) < 4.78 is 5.36. The molecule has 116 valence electrons. The minimum absolute atomic E-state index is 0.121. The number of anilines is 3. The van der Waals surface area contributed by atoms with E-state index in [1.165, 1.54) is 5.56 Å². The third kappa shape index (κ3) is 3.28. The summed E-state index contributed by atoms with van der Waals surface area (Å²) >= 11 is 0. The maximum absolute atomic E-state index is 6.01. The van der Waals surface area contributed by atoms with Crippen LogP contribution in [0.25, 0.3) is 0 Å². The molecule has 1 aliphatic rings. The van der Waals surface area contributed by atoms with Crippen LogP contribution in [0.1, 0.15) is 18.5 Å². The number of nitrogens with two attached hydrogens (primary N) is 1. The summed E-state index contributed by atoms with van der Waals surface area (Å²) in [6, 6.07) is 10.3. The first-order valence-electron chi connectivity index (χ1n) is 7.51. The van der Waals surface area contributed by atoms with Crippen LogP contribution in [0, 0.1) is 0 Å². The van der Waals surface area contributed by atoms with E-state index in [1.807, 2.05) is 18.2 Å². The first-order valence-corrected chi connectivity index (χ1v) is 7.51. The topological polar surface area (TPSA) is 76.3 Å². The second-order valence-electron chi connectivity index (χ2n) is 5.35. The van der Waals surface area contributed by atoms with Crippen LogP contribution < -0.4 is 16.0 Å². The second kappa shape index (κ2) is 6.62. The lowest BCUT2D eigenvalue weighted by Crippen LogP contribution is -2.37. The molecule has 2 aromatic rings. The summed E-state index contributed by atoms with van der Waals surface area (Å²) in [4.78, 5) is 11.0. The maximum atomic E-state index is 6.01. The normalized spacial score (nSPS) is 16.3. The van der Waals surface area contributed by atoms with E-state index < -0.39 is 0 Å². The molecule has 1 atom stereocenters. The van der Waals surface area contributed by atoms with Crippen molar-refractivity contribution in [2.24, 2.45) is 0 Å². The van der Waals surface area contributed by atoms with Gasteiger partial charge in [-0.25, -0.2) is 4.98 Å². The van der Waals surface area contributed by atoms with Crippen LogP contribution in [0.2, 0.25) is 0 Å². The zero-order chi connectivity index (χ0) is 15.4. The Morgan fingerprint density at radius 1 is 1.23 bits per heavy atom. The molecule has 1 aromatic heterocycles. The van der Waals surface area contributed by atoms with Gasteiger partial charge < -0.3 is 20.7 Å². The van der Waals surface area contributed by atoms with Gasteiger partial charge in [0.1, 0.15) is 0 Å². The Kier molecular flexibility index (Phi) is 4.39. The number of hydrogen-bond acceptors (Lipinski definition) is 6. The van der Waals surface area contributed by atoms with Crippen molar-refractivity contribution < 1.29 is 4.74 Å². The standard InChI is InChI=1S/C16H21N5O/c1-12(13-5-3-2-4-6-13)19-15-14(17)11-18-16(20-15)21-7-9-22-10-8-21/h2-6,11-12H,7-10,17H2,1H3,(H,18,19,20)/t12-/m0/s1. The molecule has 6 nitrogen and oxygen atoms in total. The third-order valence-electron chi connectivity index (χ3n) is 3.75. The molecule has 1 aliphatic heterocycles. The fourth-order valence-corrected chi connectivity index (χ4v) is 2.44. The molecular weight excluding hydrogens is 278 g/mol. The summed E-state index contributed by atoms with van der Waals surface area (Å²) in [5, 5.41) is 3.37. The molecule has 0 aliphatic carbocycles.